The molecule has 0 N–H and O–H groups in total. The maximum absolute atomic E-state index is 13.5. The average molecular weight is 531 g/mol. The lowest BCUT2D eigenvalue weighted by atomic mass is 10.1. The van der Waals surface area contributed by atoms with E-state index in [1.807, 2.05) is 12.1 Å². The highest BCUT2D eigenvalue weighted by molar-refractivity contribution is 6.32. The van der Waals surface area contributed by atoms with E-state index in [1.54, 1.807) is 0 Å². The molecule has 0 spiro atoms. The minimum atomic E-state index is -0.442. The monoisotopic (exact) mass is 530 g/mol. The summed E-state index contributed by atoms with van der Waals surface area (Å²) < 4.78 is 37.6. The van der Waals surface area contributed by atoms with Crippen molar-refractivity contribution < 1.29 is 23.3 Å². The summed E-state index contributed by atoms with van der Waals surface area (Å²) in [5.41, 5.74) is 0.627. The van der Waals surface area contributed by atoms with Crippen LogP contribution in [0.3, 0.4) is 0 Å². The van der Waals surface area contributed by atoms with E-state index in [1.165, 1.54) is 24.5 Å². The number of ether oxygens (including phenoxy) is 4. The van der Waals surface area contributed by atoms with Crippen LogP contribution in [0.5, 0.6) is 23.1 Å². The number of rotatable bonds is 9. The van der Waals surface area contributed by atoms with E-state index in [0.29, 0.717) is 48.0 Å². The number of halogens is 2. The molecule has 8 nitrogen and oxygen atoms in total. The summed E-state index contributed by atoms with van der Waals surface area (Å²) in [4.78, 5) is 13.6. The van der Waals surface area contributed by atoms with E-state index in [0.717, 1.165) is 52.0 Å². The first-order valence-corrected chi connectivity index (χ1v) is 13.1. The molecule has 3 heterocycles. The second kappa shape index (κ2) is 12.2. The molecule has 1 aromatic heterocycles. The molecule has 0 amide bonds. The van der Waals surface area contributed by atoms with Gasteiger partial charge in [-0.2, -0.15) is 0 Å². The molecule has 2 aliphatic rings. The van der Waals surface area contributed by atoms with Crippen LogP contribution in [0.1, 0.15) is 19.3 Å². The van der Waals surface area contributed by atoms with Crippen LogP contribution >= 0.6 is 11.6 Å². The van der Waals surface area contributed by atoms with Crippen LogP contribution in [0.25, 0.3) is 10.9 Å². The number of likely N-dealkylation sites (N-methyl/N-ethyl adjacent to an activating group) is 1. The number of hydrogen-bond acceptors (Lipinski definition) is 8. The van der Waals surface area contributed by atoms with E-state index in [9.17, 15) is 4.39 Å². The van der Waals surface area contributed by atoms with Gasteiger partial charge in [0.25, 0.3) is 0 Å². The van der Waals surface area contributed by atoms with E-state index in [4.69, 9.17) is 30.5 Å². The molecule has 10 heteroatoms. The molecule has 198 valence electrons. The van der Waals surface area contributed by atoms with Gasteiger partial charge in [0.2, 0.25) is 5.88 Å². The number of nitrogens with zero attached hydrogens (tertiary/aromatic N) is 4. The van der Waals surface area contributed by atoms with Crippen molar-refractivity contribution >= 4 is 22.5 Å². The predicted molar refractivity (Wildman–Crippen MR) is 140 cm³/mol. The largest absolute Gasteiger partial charge is 0.493 e. The SMILES string of the molecule is CN1CCN(CCCOc2cc(OC3CCOCC3)c3c(Oc4ccc(F)cc4Cl)ncnc3c2)CC1. The Bertz CT molecular complexity index is 1200. The Hall–Kier alpha value is -2.72. The molecule has 3 aromatic rings. The van der Waals surface area contributed by atoms with E-state index in [-0.39, 0.29) is 17.0 Å². The Balaban J connectivity index is 1.36. The summed E-state index contributed by atoms with van der Waals surface area (Å²) in [5, 5.41) is 0.762. The number of fused-ring (bicyclic) bond motifs is 1. The van der Waals surface area contributed by atoms with Gasteiger partial charge in [-0.1, -0.05) is 11.6 Å². The van der Waals surface area contributed by atoms with Gasteiger partial charge in [-0.15, -0.1) is 0 Å². The van der Waals surface area contributed by atoms with E-state index >= 15 is 0 Å². The van der Waals surface area contributed by atoms with Crippen LogP contribution in [0.15, 0.2) is 36.7 Å². The summed E-state index contributed by atoms with van der Waals surface area (Å²) in [7, 11) is 2.16. The molecule has 2 aromatic carbocycles. The molecular weight excluding hydrogens is 499 g/mol. The van der Waals surface area contributed by atoms with Crippen LogP contribution in [0.4, 0.5) is 4.39 Å². The van der Waals surface area contributed by atoms with Gasteiger partial charge < -0.3 is 28.7 Å². The molecular formula is C27H32ClFN4O4. The van der Waals surface area contributed by atoms with Crippen molar-refractivity contribution in [2.75, 3.05) is 59.6 Å². The molecule has 37 heavy (non-hydrogen) atoms. The molecule has 2 aliphatic heterocycles. The van der Waals surface area contributed by atoms with Crippen LogP contribution < -0.4 is 14.2 Å². The lowest BCUT2D eigenvalue weighted by Gasteiger charge is -2.32. The minimum Gasteiger partial charge on any atom is -0.493 e. The fourth-order valence-corrected chi connectivity index (χ4v) is 4.75. The van der Waals surface area contributed by atoms with Crippen molar-refractivity contribution in [1.29, 1.82) is 0 Å². The predicted octanol–water partition coefficient (Wildman–Crippen LogP) is 4.79. The van der Waals surface area contributed by atoms with Crippen LogP contribution in [0.2, 0.25) is 5.02 Å². The maximum atomic E-state index is 13.5. The number of aromatic nitrogens is 2. The normalized spacial score (nSPS) is 17.7. The molecule has 0 bridgehead atoms. The van der Waals surface area contributed by atoms with Gasteiger partial charge in [-0.05, 0) is 31.7 Å². The zero-order chi connectivity index (χ0) is 25.6. The van der Waals surface area contributed by atoms with Crippen LogP contribution in [0, 0.1) is 5.82 Å². The van der Waals surface area contributed by atoms with Crippen molar-refractivity contribution in [2.45, 2.75) is 25.4 Å². The third-order valence-electron chi connectivity index (χ3n) is 6.69. The number of benzene rings is 2. The van der Waals surface area contributed by atoms with Crippen LogP contribution in [-0.2, 0) is 4.74 Å². The molecule has 0 unspecified atom stereocenters. The lowest BCUT2D eigenvalue weighted by molar-refractivity contribution is 0.0260. The highest BCUT2D eigenvalue weighted by atomic mass is 35.5. The first-order valence-electron chi connectivity index (χ1n) is 12.7. The Kier molecular flexibility index (Phi) is 8.55. The fourth-order valence-electron chi connectivity index (χ4n) is 4.54. The second-order valence-corrected chi connectivity index (χ2v) is 9.85. The summed E-state index contributed by atoms with van der Waals surface area (Å²) in [5.74, 6) is 1.39. The maximum Gasteiger partial charge on any atom is 0.234 e. The molecule has 0 atom stereocenters. The lowest BCUT2D eigenvalue weighted by Crippen LogP contribution is -2.44. The highest BCUT2D eigenvalue weighted by Gasteiger charge is 2.21. The molecule has 2 fully saturated rings. The first-order chi connectivity index (χ1) is 18.0. The first kappa shape index (κ1) is 25.9. The van der Waals surface area contributed by atoms with Crippen molar-refractivity contribution in [3.05, 3.63) is 47.5 Å². The third kappa shape index (κ3) is 6.78. The Morgan fingerprint density at radius 1 is 1.05 bits per heavy atom. The van der Waals surface area contributed by atoms with Crippen LogP contribution in [-0.4, -0.2) is 85.5 Å². The second-order valence-electron chi connectivity index (χ2n) is 9.45. The van der Waals surface area contributed by atoms with Crippen molar-refractivity contribution in [1.82, 2.24) is 19.8 Å². The zero-order valence-corrected chi connectivity index (χ0v) is 21.8. The van der Waals surface area contributed by atoms with Gasteiger partial charge in [0.1, 0.15) is 40.9 Å². The van der Waals surface area contributed by atoms with Crippen molar-refractivity contribution in [3.63, 3.8) is 0 Å². The highest BCUT2D eigenvalue weighted by Crippen LogP contribution is 2.39. The van der Waals surface area contributed by atoms with Gasteiger partial charge in [-0.3, -0.25) is 0 Å². The van der Waals surface area contributed by atoms with Gasteiger partial charge in [0, 0.05) is 57.7 Å². The van der Waals surface area contributed by atoms with E-state index in [2.05, 4.69) is 26.8 Å². The molecule has 2 saturated heterocycles. The Morgan fingerprint density at radius 2 is 1.86 bits per heavy atom. The Labute approximate surface area is 221 Å². The van der Waals surface area contributed by atoms with Gasteiger partial charge in [-0.25, -0.2) is 14.4 Å². The zero-order valence-electron chi connectivity index (χ0n) is 21.0. The molecule has 0 saturated carbocycles. The summed E-state index contributed by atoms with van der Waals surface area (Å²) in [6.45, 7) is 7.28. The summed E-state index contributed by atoms with van der Waals surface area (Å²) in [6, 6.07) is 7.70. The standard InChI is InChI=1S/C27H32ClFN4O4/c1-32-8-10-33(11-9-32)7-2-12-35-21-16-23-26(25(17-21)36-20-5-13-34-14-6-20)27(31-18-30-23)37-24-4-3-19(29)15-22(24)28/h3-4,15-18,20H,2,5-14H2,1H3. The third-order valence-corrected chi connectivity index (χ3v) is 6.98. The molecule has 0 aliphatic carbocycles. The molecule has 0 radical (unpaired) electrons. The van der Waals surface area contributed by atoms with Gasteiger partial charge in [0.05, 0.1) is 30.4 Å². The number of hydrogen-bond donors (Lipinski definition) is 0. The van der Waals surface area contributed by atoms with Crippen molar-refractivity contribution in [2.24, 2.45) is 0 Å². The summed E-state index contributed by atoms with van der Waals surface area (Å²) >= 11 is 6.21. The van der Waals surface area contributed by atoms with Gasteiger partial charge in [0.15, 0.2) is 0 Å². The smallest absolute Gasteiger partial charge is 0.234 e. The topological polar surface area (TPSA) is 69.2 Å². The number of piperazine rings is 1. The van der Waals surface area contributed by atoms with Gasteiger partial charge >= 0.3 is 0 Å². The average Bonchev–Trinajstić information content (AvgIpc) is 2.90. The molecule has 5 rings (SSSR count). The van der Waals surface area contributed by atoms with Crippen molar-refractivity contribution in [3.8, 4) is 23.1 Å². The fraction of sp³-hybridized carbons (Fsp3) is 0.481. The minimum absolute atomic E-state index is 0.00750. The van der Waals surface area contributed by atoms with E-state index < -0.39 is 5.82 Å². The summed E-state index contributed by atoms with van der Waals surface area (Å²) in [6.07, 6.45) is 3.91. The Morgan fingerprint density at radius 3 is 2.65 bits per heavy atom. The quantitative estimate of drug-likeness (QED) is 0.366.